The van der Waals surface area contributed by atoms with E-state index in [1.165, 1.54) is 4.57 Å². The van der Waals surface area contributed by atoms with E-state index < -0.39 is 0 Å². The van der Waals surface area contributed by atoms with Gasteiger partial charge in [0.2, 0.25) is 0 Å². The van der Waals surface area contributed by atoms with Crippen LogP contribution in [-0.4, -0.2) is 15.4 Å². The second-order valence-corrected chi connectivity index (χ2v) is 3.34. The lowest BCUT2D eigenvalue weighted by Gasteiger charge is -2.03. The monoisotopic (exact) mass is 208 g/mol. The molecule has 1 heterocycles. The third-order valence-corrected chi connectivity index (χ3v) is 2.19. The van der Waals surface area contributed by atoms with Crippen LogP contribution in [0, 0.1) is 0 Å². The van der Waals surface area contributed by atoms with Gasteiger partial charge in [-0.1, -0.05) is 18.2 Å². The second kappa shape index (κ2) is 3.80. The first-order valence-electron chi connectivity index (χ1n) is 4.33. The number of para-hydroxylation sites is 1. The molecule has 0 amide bonds. The average Bonchev–Trinajstić information content (AvgIpc) is 2.19. The summed E-state index contributed by atoms with van der Waals surface area (Å²) in [6.07, 6.45) is 1.78. The number of hydrogen-bond donors (Lipinski definition) is 0. The molecular weight excluding hydrogens is 200 g/mol. The maximum Gasteiger partial charge on any atom is 0.348 e. The van der Waals surface area contributed by atoms with E-state index >= 15 is 0 Å². The molecule has 2 rings (SSSR count). The molecule has 4 heteroatoms. The number of alkyl halides is 1. The Morgan fingerprint density at radius 1 is 1.36 bits per heavy atom. The molecule has 0 aliphatic rings. The lowest BCUT2D eigenvalue weighted by Crippen LogP contribution is -2.22. The number of rotatable bonds is 2. The predicted molar refractivity (Wildman–Crippen MR) is 56.7 cm³/mol. The van der Waals surface area contributed by atoms with Crippen LogP contribution in [0.5, 0.6) is 0 Å². The molecule has 0 saturated carbocycles. The standard InChI is InChI=1S/C10H9ClN2O/c11-5-6-13-7-8-3-1-2-4-9(8)12-10(13)14/h1-4,7H,5-6H2. The first-order valence-corrected chi connectivity index (χ1v) is 4.87. The van der Waals surface area contributed by atoms with Crippen LogP contribution in [0.3, 0.4) is 0 Å². The Hall–Kier alpha value is -1.35. The molecule has 72 valence electrons. The molecule has 0 atom stereocenters. The van der Waals surface area contributed by atoms with Crippen LogP contribution in [0.2, 0.25) is 0 Å². The van der Waals surface area contributed by atoms with E-state index in [0.717, 1.165) is 10.9 Å². The van der Waals surface area contributed by atoms with Crippen molar-refractivity contribution in [3.05, 3.63) is 40.9 Å². The van der Waals surface area contributed by atoms with Gasteiger partial charge in [0, 0.05) is 24.0 Å². The van der Waals surface area contributed by atoms with E-state index in [-0.39, 0.29) is 5.69 Å². The highest BCUT2D eigenvalue weighted by molar-refractivity contribution is 6.17. The normalized spacial score (nSPS) is 10.6. The molecular formula is C10H9ClN2O. The number of aromatic nitrogens is 2. The second-order valence-electron chi connectivity index (χ2n) is 2.96. The quantitative estimate of drug-likeness (QED) is 0.704. The molecule has 2 aromatic rings. The summed E-state index contributed by atoms with van der Waals surface area (Å²) >= 11 is 5.57. The van der Waals surface area contributed by atoms with Crippen LogP contribution in [-0.2, 0) is 6.54 Å². The van der Waals surface area contributed by atoms with Gasteiger partial charge >= 0.3 is 5.69 Å². The molecule has 3 nitrogen and oxygen atoms in total. The van der Waals surface area contributed by atoms with E-state index in [1.807, 2.05) is 24.3 Å². The largest absolute Gasteiger partial charge is 0.348 e. The number of hydrogen-bond acceptors (Lipinski definition) is 2. The number of nitrogens with zero attached hydrogens (tertiary/aromatic N) is 2. The zero-order valence-electron chi connectivity index (χ0n) is 7.48. The Kier molecular flexibility index (Phi) is 2.50. The zero-order valence-corrected chi connectivity index (χ0v) is 8.24. The summed E-state index contributed by atoms with van der Waals surface area (Å²) in [6, 6.07) is 7.52. The van der Waals surface area contributed by atoms with Gasteiger partial charge in [-0.15, -0.1) is 11.6 Å². The molecule has 0 bridgehead atoms. The van der Waals surface area contributed by atoms with Crippen LogP contribution >= 0.6 is 11.6 Å². The van der Waals surface area contributed by atoms with Gasteiger partial charge in [0.05, 0.1) is 5.52 Å². The van der Waals surface area contributed by atoms with Crippen molar-refractivity contribution in [3.63, 3.8) is 0 Å². The Labute approximate surface area is 86.0 Å². The van der Waals surface area contributed by atoms with Crippen molar-refractivity contribution >= 4 is 22.5 Å². The molecule has 0 aliphatic carbocycles. The molecule has 1 aromatic carbocycles. The summed E-state index contributed by atoms with van der Waals surface area (Å²) in [5, 5.41) is 0.956. The van der Waals surface area contributed by atoms with Crippen molar-refractivity contribution in [2.45, 2.75) is 6.54 Å². The maximum atomic E-state index is 11.4. The van der Waals surface area contributed by atoms with Crippen molar-refractivity contribution in [2.24, 2.45) is 0 Å². The Morgan fingerprint density at radius 2 is 2.14 bits per heavy atom. The molecule has 1 aromatic heterocycles. The topological polar surface area (TPSA) is 34.9 Å². The number of fused-ring (bicyclic) bond motifs is 1. The van der Waals surface area contributed by atoms with Crippen LogP contribution < -0.4 is 5.69 Å². The van der Waals surface area contributed by atoms with Gasteiger partial charge in [0.25, 0.3) is 0 Å². The highest BCUT2D eigenvalue weighted by Gasteiger charge is 1.99. The SMILES string of the molecule is O=c1nc2ccccc2cn1CCCl. The highest BCUT2D eigenvalue weighted by atomic mass is 35.5. The molecule has 0 unspecified atom stereocenters. The summed E-state index contributed by atoms with van der Waals surface area (Å²) < 4.78 is 1.52. The van der Waals surface area contributed by atoms with Crippen molar-refractivity contribution in [1.82, 2.24) is 9.55 Å². The third kappa shape index (κ3) is 1.63. The van der Waals surface area contributed by atoms with Crippen molar-refractivity contribution < 1.29 is 0 Å². The summed E-state index contributed by atoms with van der Waals surface area (Å²) in [4.78, 5) is 15.4. The number of halogens is 1. The zero-order chi connectivity index (χ0) is 9.97. The average molecular weight is 209 g/mol. The minimum absolute atomic E-state index is 0.246. The fraction of sp³-hybridized carbons (Fsp3) is 0.200. The van der Waals surface area contributed by atoms with Gasteiger partial charge in [-0.3, -0.25) is 4.57 Å². The van der Waals surface area contributed by atoms with Gasteiger partial charge in [-0.25, -0.2) is 4.79 Å². The predicted octanol–water partition coefficient (Wildman–Crippen LogP) is 1.64. The van der Waals surface area contributed by atoms with Gasteiger partial charge in [0.15, 0.2) is 0 Å². The van der Waals surface area contributed by atoms with Crippen molar-refractivity contribution in [2.75, 3.05) is 5.88 Å². The molecule has 0 N–H and O–H groups in total. The van der Waals surface area contributed by atoms with Crippen LogP contribution in [0.4, 0.5) is 0 Å². The number of benzene rings is 1. The van der Waals surface area contributed by atoms with Crippen LogP contribution in [0.1, 0.15) is 0 Å². The van der Waals surface area contributed by atoms with Crippen LogP contribution in [0.25, 0.3) is 10.9 Å². The molecule has 0 spiro atoms. The summed E-state index contributed by atoms with van der Waals surface area (Å²) in [5.74, 6) is 0.417. The Morgan fingerprint density at radius 3 is 2.93 bits per heavy atom. The van der Waals surface area contributed by atoms with Crippen molar-refractivity contribution in [3.8, 4) is 0 Å². The lowest BCUT2D eigenvalue weighted by atomic mass is 10.2. The molecule has 0 fully saturated rings. The summed E-state index contributed by atoms with van der Waals surface area (Å²) in [7, 11) is 0. The number of aryl methyl sites for hydroxylation is 1. The van der Waals surface area contributed by atoms with Gasteiger partial charge in [-0.05, 0) is 6.07 Å². The van der Waals surface area contributed by atoms with E-state index in [0.29, 0.717) is 12.4 Å². The first kappa shape index (κ1) is 9.21. The minimum atomic E-state index is -0.246. The molecule has 0 saturated heterocycles. The fourth-order valence-electron chi connectivity index (χ4n) is 1.34. The summed E-state index contributed by atoms with van der Waals surface area (Å²) in [5.41, 5.74) is 0.479. The summed E-state index contributed by atoms with van der Waals surface area (Å²) in [6.45, 7) is 0.498. The van der Waals surface area contributed by atoms with Crippen LogP contribution in [0.15, 0.2) is 35.3 Å². The first-order chi connectivity index (χ1) is 6.81. The highest BCUT2D eigenvalue weighted by Crippen LogP contribution is 2.07. The smallest absolute Gasteiger partial charge is 0.297 e. The fourth-order valence-corrected chi connectivity index (χ4v) is 1.52. The van der Waals surface area contributed by atoms with Gasteiger partial charge < -0.3 is 0 Å². The third-order valence-electron chi connectivity index (χ3n) is 2.02. The van der Waals surface area contributed by atoms with Gasteiger partial charge in [0.1, 0.15) is 0 Å². The lowest BCUT2D eigenvalue weighted by molar-refractivity contribution is 0.713. The molecule has 14 heavy (non-hydrogen) atoms. The van der Waals surface area contributed by atoms with E-state index in [9.17, 15) is 4.79 Å². The van der Waals surface area contributed by atoms with Crippen molar-refractivity contribution in [1.29, 1.82) is 0 Å². The Bertz CT molecular complexity index is 507. The Balaban J connectivity index is 2.65. The van der Waals surface area contributed by atoms with E-state index in [2.05, 4.69) is 4.98 Å². The minimum Gasteiger partial charge on any atom is -0.297 e. The maximum absolute atomic E-state index is 11.4. The van der Waals surface area contributed by atoms with E-state index in [4.69, 9.17) is 11.6 Å². The molecule has 0 aliphatic heterocycles. The van der Waals surface area contributed by atoms with E-state index in [1.54, 1.807) is 6.20 Å². The van der Waals surface area contributed by atoms with Gasteiger partial charge in [-0.2, -0.15) is 4.98 Å². The molecule has 0 radical (unpaired) electrons.